The van der Waals surface area contributed by atoms with Crippen LogP contribution in [0.25, 0.3) is 0 Å². The zero-order valence-corrected chi connectivity index (χ0v) is 17.4. The van der Waals surface area contributed by atoms with Crippen LogP contribution < -0.4 is 0 Å². The van der Waals surface area contributed by atoms with E-state index in [1.807, 2.05) is 16.7 Å². The molecule has 0 unspecified atom stereocenters. The maximum atomic E-state index is 13.4. The van der Waals surface area contributed by atoms with Crippen LogP contribution >= 0.6 is 0 Å². The van der Waals surface area contributed by atoms with Crippen molar-refractivity contribution in [1.29, 1.82) is 0 Å². The third kappa shape index (κ3) is 5.02. The van der Waals surface area contributed by atoms with Crippen molar-refractivity contribution < 1.29 is 22.0 Å². The van der Waals surface area contributed by atoms with Crippen molar-refractivity contribution in [2.75, 3.05) is 39.3 Å². The smallest absolute Gasteiger partial charge is 0.243 e. The Bertz CT molecular complexity index is 881. The fourth-order valence-electron chi connectivity index (χ4n) is 3.80. The molecule has 2 aliphatic rings. The minimum absolute atomic E-state index is 0.0255. The summed E-state index contributed by atoms with van der Waals surface area (Å²) in [5.41, 5.74) is 1.09. The minimum atomic E-state index is -3.90. The summed E-state index contributed by atoms with van der Waals surface area (Å²) in [5, 5.41) is 0. The number of halogens is 2. The van der Waals surface area contributed by atoms with E-state index in [4.69, 9.17) is 0 Å². The SMILES string of the molecule is CCN(C(=O)CN1CCN(S(=O)(=O)c2ccc(F)c(F)c2)CC1)C1=CCCCC1. The lowest BCUT2D eigenvalue weighted by atomic mass is 10.0. The second-order valence-electron chi connectivity index (χ2n) is 7.34. The van der Waals surface area contributed by atoms with Gasteiger partial charge in [0, 0.05) is 38.4 Å². The van der Waals surface area contributed by atoms with E-state index in [1.54, 1.807) is 0 Å². The van der Waals surface area contributed by atoms with Crippen molar-refractivity contribution >= 4 is 15.9 Å². The van der Waals surface area contributed by atoms with Gasteiger partial charge in [0.15, 0.2) is 11.6 Å². The number of likely N-dealkylation sites (N-methyl/N-ethyl adjacent to an activating group) is 1. The summed E-state index contributed by atoms with van der Waals surface area (Å²) in [6.07, 6.45) is 6.30. The second kappa shape index (κ2) is 9.32. The van der Waals surface area contributed by atoms with Gasteiger partial charge in [-0.3, -0.25) is 9.69 Å². The molecule has 1 saturated heterocycles. The first-order chi connectivity index (χ1) is 13.8. The molecule has 0 aromatic heterocycles. The Kier molecular flexibility index (Phi) is 7.02. The van der Waals surface area contributed by atoms with Crippen LogP contribution in [-0.2, 0) is 14.8 Å². The Labute approximate surface area is 170 Å². The zero-order valence-electron chi connectivity index (χ0n) is 16.6. The molecule has 160 valence electrons. The van der Waals surface area contributed by atoms with Gasteiger partial charge in [-0.25, -0.2) is 17.2 Å². The number of benzene rings is 1. The first-order valence-electron chi connectivity index (χ1n) is 10.00. The molecule has 1 aliphatic carbocycles. The van der Waals surface area contributed by atoms with Crippen molar-refractivity contribution in [2.24, 2.45) is 0 Å². The zero-order chi connectivity index (χ0) is 21.0. The topological polar surface area (TPSA) is 60.9 Å². The molecule has 9 heteroatoms. The molecule has 29 heavy (non-hydrogen) atoms. The van der Waals surface area contributed by atoms with E-state index in [2.05, 4.69) is 6.08 Å². The number of piperazine rings is 1. The quantitative estimate of drug-likeness (QED) is 0.700. The summed E-state index contributed by atoms with van der Waals surface area (Å²) in [6.45, 7) is 4.03. The van der Waals surface area contributed by atoms with E-state index in [-0.39, 0.29) is 30.4 Å². The molecule has 1 fully saturated rings. The van der Waals surface area contributed by atoms with E-state index in [0.717, 1.165) is 43.5 Å². The van der Waals surface area contributed by atoms with Crippen LogP contribution in [0.4, 0.5) is 8.78 Å². The van der Waals surface area contributed by atoms with Gasteiger partial charge in [-0.2, -0.15) is 4.31 Å². The van der Waals surface area contributed by atoms with E-state index in [9.17, 15) is 22.0 Å². The van der Waals surface area contributed by atoms with E-state index < -0.39 is 21.7 Å². The average Bonchev–Trinajstić information content (AvgIpc) is 2.71. The van der Waals surface area contributed by atoms with Crippen LogP contribution in [0.5, 0.6) is 0 Å². The van der Waals surface area contributed by atoms with Gasteiger partial charge in [0.1, 0.15) is 0 Å². The number of rotatable bonds is 6. The number of amides is 1. The maximum absolute atomic E-state index is 13.4. The van der Waals surface area contributed by atoms with E-state index in [1.165, 1.54) is 4.31 Å². The average molecular weight is 428 g/mol. The summed E-state index contributed by atoms with van der Waals surface area (Å²) in [4.78, 5) is 16.2. The first kappa shape index (κ1) is 21.9. The summed E-state index contributed by atoms with van der Waals surface area (Å²) in [6, 6.07) is 2.59. The van der Waals surface area contributed by atoms with Gasteiger partial charge < -0.3 is 4.90 Å². The molecule has 3 rings (SSSR count). The van der Waals surface area contributed by atoms with Gasteiger partial charge >= 0.3 is 0 Å². The molecule has 6 nitrogen and oxygen atoms in total. The molecule has 0 atom stereocenters. The number of hydrogen-bond donors (Lipinski definition) is 0. The predicted octanol–water partition coefficient (Wildman–Crippen LogP) is 2.58. The maximum Gasteiger partial charge on any atom is 0.243 e. The largest absolute Gasteiger partial charge is 0.316 e. The molecule has 1 aliphatic heterocycles. The lowest BCUT2D eigenvalue weighted by Crippen LogP contribution is -2.51. The second-order valence-corrected chi connectivity index (χ2v) is 9.27. The Balaban J connectivity index is 1.59. The van der Waals surface area contributed by atoms with Crippen LogP contribution in [0.15, 0.2) is 34.9 Å². The fraction of sp³-hybridized carbons (Fsp3) is 0.550. The minimum Gasteiger partial charge on any atom is -0.316 e. The molecule has 1 heterocycles. The Morgan fingerprint density at radius 3 is 2.41 bits per heavy atom. The summed E-state index contributed by atoms with van der Waals surface area (Å²) in [7, 11) is -3.90. The van der Waals surface area contributed by atoms with Gasteiger partial charge in [-0.05, 0) is 50.8 Å². The van der Waals surface area contributed by atoms with E-state index >= 15 is 0 Å². The molecule has 1 amide bonds. The van der Waals surface area contributed by atoms with Crippen LogP contribution in [-0.4, -0.2) is 67.7 Å². The molecule has 0 bridgehead atoms. The third-order valence-electron chi connectivity index (χ3n) is 5.45. The Hall–Kier alpha value is -1.84. The number of hydrogen-bond acceptors (Lipinski definition) is 4. The highest BCUT2D eigenvalue weighted by Gasteiger charge is 2.30. The number of sulfonamides is 1. The lowest BCUT2D eigenvalue weighted by molar-refractivity contribution is -0.130. The van der Waals surface area contributed by atoms with E-state index in [0.29, 0.717) is 25.7 Å². The third-order valence-corrected chi connectivity index (χ3v) is 7.34. The standard InChI is InChI=1S/C20H27F2N3O3S/c1-2-25(16-6-4-3-5-7-16)20(26)15-23-10-12-24(13-11-23)29(27,28)17-8-9-18(21)19(22)14-17/h6,8-9,14H,2-5,7,10-13,15H2,1H3. The predicted molar refractivity (Wildman–Crippen MR) is 105 cm³/mol. The lowest BCUT2D eigenvalue weighted by Gasteiger charge is -2.35. The molecule has 1 aromatic rings. The molecular weight excluding hydrogens is 400 g/mol. The van der Waals surface area contributed by atoms with Gasteiger partial charge in [0.25, 0.3) is 0 Å². The van der Waals surface area contributed by atoms with Gasteiger partial charge in [-0.15, -0.1) is 0 Å². The summed E-state index contributed by atoms with van der Waals surface area (Å²) < 4.78 is 53.1. The van der Waals surface area contributed by atoms with Crippen LogP contribution in [0.1, 0.15) is 32.6 Å². The fourth-order valence-corrected chi connectivity index (χ4v) is 5.23. The number of nitrogens with zero attached hydrogens (tertiary/aromatic N) is 3. The number of carbonyl (C=O) groups is 1. The summed E-state index contributed by atoms with van der Waals surface area (Å²) >= 11 is 0. The Morgan fingerprint density at radius 2 is 1.83 bits per heavy atom. The summed E-state index contributed by atoms with van der Waals surface area (Å²) in [5.74, 6) is -2.25. The van der Waals surface area contributed by atoms with Gasteiger partial charge in [0.05, 0.1) is 11.4 Å². The molecule has 0 spiro atoms. The van der Waals surface area contributed by atoms with Crippen molar-refractivity contribution in [3.63, 3.8) is 0 Å². The molecule has 1 aromatic carbocycles. The monoisotopic (exact) mass is 427 g/mol. The van der Waals surface area contributed by atoms with Crippen LogP contribution in [0, 0.1) is 11.6 Å². The highest BCUT2D eigenvalue weighted by molar-refractivity contribution is 7.89. The highest BCUT2D eigenvalue weighted by Crippen LogP contribution is 2.22. The van der Waals surface area contributed by atoms with Gasteiger partial charge in [-0.1, -0.05) is 6.08 Å². The van der Waals surface area contributed by atoms with Crippen molar-refractivity contribution in [1.82, 2.24) is 14.1 Å². The van der Waals surface area contributed by atoms with Crippen molar-refractivity contribution in [2.45, 2.75) is 37.5 Å². The van der Waals surface area contributed by atoms with Crippen molar-refractivity contribution in [3.05, 3.63) is 41.6 Å². The normalized spacial score (nSPS) is 19.1. The molecule has 0 saturated carbocycles. The number of carbonyl (C=O) groups excluding carboxylic acids is 1. The Morgan fingerprint density at radius 1 is 1.10 bits per heavy atom. The highest BCUT2D eigenvalue weighted by atomic mass is 32.2. The molecular formula is C20H27F2N3O3S. The van der Waals surface area contributed by atoms with Gasteiger partial charge in [0.2, 0.25) is 15.9 Å². The van der Waals surface area contributed by atoms with Crippen LogP contribution in [0.3, 0.4) is 0 Å². The molecule has 0 N–H and O–H groups in total. The van der Waals surface area contributed by atoms with Crippen LogP contribution in [0.2, 0.25) is 0 Å². The number of allylic oxidation sites excluding steroid dienone is 2. The molecule has 0 radical (unpaired) electrons. The first-order valence-corrected chi connectivity index (χ1v) is 11.4. The van der Waals surface area contributed by atoms with Crippen molar-refractivity contribution in [3.8, 4) is 0 Å².